The van der Waals surface area contributed by atoms with Crippen LogP contribution >= 0.6 is 46.4 Å². The average molecular weight is 332 g/mol. The molecule has 0 saturated carbocycles. The summed E-state index contributed by atoms with van der Waals surface area (Å²) in [5, 5.41) is 13.5. The number of nitrogens with one attached hydrogen (secondary N) is 1. The van der Waals surface area contributed by atoms with E-state index in [0.29, 0.717) is 37.0 Å². The smallest absolute Gasteiger partial charge is 0.101 e. The molecule has 0 aliphatic heterocycles. The van der Waals surface area contributed by atoms with Crippen molar-refractivity contribution in [1.29, 1.82) is 5.26 Å². The predicted octanol–water partition coefficient (Wildman–Crippen LogP) is 5.92. The van der Waals surface area contributed by atoms with Crippen LogP contribution in [0.5, 0.6) is 0 Å². The second-order valence-electron chi connectivity index (χ2n) is 3.68. The molecule has 0 atom stereocenters. The standard InChI is InChI=1S/C13H6Cl4N2/c14-9-3-8(2-1-7(9)6-18)19-13-5-11(16)10(15)4-12(13)17/h1-5,19H. The van der Waals surface area contributed by atoms with E-state index in [1.54, 1.807) is 30.3 Å². The predicted molar refractivity (Wildman–Crippen MR) is 80.9 cm³/mol. The van der Waals surface area contributed by atoms with Gasteiger partial charge in [-0.1, -0.05) is 46.4 Å². The molecule has 19 heavy (non-hydrogen) atoms. The van der Waals surface area contributed by atoms with E-state index in [9.17, 15) is 0 Å². The molecule has 0 aliphatic rings. The van der Waals surface area contributed by atoms with Gasteiger partial charge in [-0.2, -0.15) is 5.26 Å². The van der Waals surface area contributed by atoms with Gasteiger partial charge in [0.05, 0.1) is 31.3 Å². The molecule has 0 amide bonds. The molecule has 0 fully saturated rings. The van der Waals surface area contributed by atoms with Crippen LogP contribution in [0.4, 0.5) is 11.4 Å². The Kier molecular flexibility index (Phi) is 4.44. The number of halogens is 4. The Hall–Kier alpha value is -1.11. The highest BCUT2D eigenvalue weighted by molar-refractivity contribution is 6.44. The second kappa shape index (κ2) is 5.90. The largest absolute Gasteiger partial charge is 0.354 e. The third-order valence-electron chi connectivity index (χ3n) is 2.38. The van der Waals surface area contributed by atoms with E-state index in [2.05, 4.69) is 5.32 Å². The van der Waals surface area contributed by atoms with Gasteiger partial charge in [-0.15, -0.1) is 0 Å². The van der Waals surface area contributed by atoms with Crippen LogP contribution < -0.4 is 5.32 Å². The number of hydrogen-bond donors (Lipinski definition) is 1. The van der Waals surface area contributed by atoms with Crippen molar-refractivity contribution in [2.24, 2.45) is 0 Å². The lowest BCUT2D eigenvalue weighted by Gasteiger charge is -2.10. The lowest BCUT2D eigenvalue weighted by Crippen LogP contribution is -1.92. The fraction of sp³-hybridized carbons (Fsp3) is 0. The topological polar surface area (TPSA) is 35.8 Å². The fourth-order valence-corrected chi connectivity index (χ4v) is 2.27. The van der Waals surface area contributed by atoms with Crippen molar-refractivity contribution >= 4 is 57.8 Å². The van der Waals surface area contributed by atoms with Crippen LogP contribution in [0.2, 0.25) is 20.1 Å². The summed E-state index contributed by atoms with van der Waals surface area (Å²) in [6.07, 6.45) is 0. The first-order valence-electron chi connectivity index (χ1n) is 5.12. The van der Waals surface area contributed by atoms with Crippen molar-refractivity contribution in [3.8, 4) is 6.07 Å². The molecular weight excluding hydrogens is 326 g/mol. The number of rotatable bonds is 2. The van der Waals surface area contributed by atoms with Crippen molar-refractivity contribution in [2.45, 2.75) is 0 Å². The molecular formula is C13H6Cl4N2. The summed E-state index contributed by atoms with van der Waals surface area (Å²) in [7, 11) is 0. The summed E-state index contributed by atoms with van der Waals surface area (Å²) in [6.45, 7) is 0. The first-order chi connectivity index (χ1) is 9.01. The molecule has 0 radical (unpaired) electrons. The number of nitrogens with zero attached hydrogens (tertiary/aromatic N) is 1. The van der Waals surface area contributed by atoms with E-state index in [1.807, 2.05) is 6.07 Å². The quantitative estimate of drug-likeness (QED) is 0.694. The third kappa shape index (κ3) is 3.26. The zero-order valence-electron chi connectivity index (χ0n) is 9.35. The maximum atomic E-state index is 8.80. The Morgan fingerprint density at radius 3 is 2.16 bits per heavy atom. The van der Waals surface area contributed by atoms with E-state index in [4.69, 9.17) is 51.7 Å². The summed E-state index contributed by atoms with van der Waals surface area (Å²) in [5.41, 5.74) is 1.72. The SMILES string of the molecule is N#Cc1ccc(Nc2cc(Cl)c(Cl)cc2Cl)cc1Cl. The molecule has 0 spiro atoms. The number of anilines is 2. The Morgan fingerprint density at radius 1 is 0.842 bits per heavy atom. The molecule has 2 rings (SSSR count). The highest BCUT2D eigenvalue weighted by atomic mass is 35.5. The zero-order valence-corrected chi connectivity index (χ0v) is 12.4. The number of benzene rings is 2. The van der Waals surface area contributed by atoms with E-state index >= 15 is 0 Å². The van der Waals surface area contributed by atoms with Crippen molar-refractivity contribution in [3.63, 3.8) is 0 Å². The van der Waals surface area contributed by atoms with Gasteiger partial charge in [0.1, 0.15) is 6.07 Å². The minimum absolute atomic E-state index is 0.365. The van der Waals surface area contributed by atoms with Gasteiger partial charge in [0, 0.05) is 5.69 Å². The van der Waals surface area contributed by atoms with Crippen LogP contribution in [0.3, 0.4) is 0 Å². The van der Waals surface area contributed by atoms with Crippen LogP contribution in [0.15, 0.2) is 30.3 Å². The number of hydrogen-bond acceptors (Lipinski definition) is 2. The highest BCUT2D eigenvalue weighted by Gasteiger charge is 2.07. The minimum atomic E-state index is 0.365. The zero-order chi connectivity index (χ0) is 14.0. The normalized spacial score (nSPS) is 10.1. The van der Waals surface area contributed by atoms with Crippen LogP contribution in [0.25, 0.3) is 0 Å². The summed E-state index contributed by atoms with van der Waals surface area (Å²) in [6, 6.07) is 10.2. The van der Waals surface area contributed by atoms with Crippen molar-refractivity contribution < 1.29 is 0 Å². The summed E-state index contributed by atoms with van der Waals surface area (Å²) < 4.78 is 0. The van der Waals surface area contributed by atoms with E-state index in [0.717, 1.165) is 0 Å². The first kappa shape index (κ1) is 14.3. The lowest BCUT2D eigenvalue weighted by atomic mass is 10.2. The van der Waals surface area contributed by atoms with Gasteiger partial charge in [0.15, 0.2) is 0 Å². The first-order valence-corrected chi connectivity index (χ1v) is 6.63. The Balaban J connectivity index is 2.34. The summed E-state index contributed by atoms with van der Waals surface area (Å²) in [5.74, 6) is 0. The maximum absolute atomic E-state index is 8.80. The van der Waals surface area contributed by atoms with E-state index < -0.39 is 0 Å². The molecule has 96 valence electrons. The van der Waals surface area contributed by atoms with Gasteiger partial charge in [-0.3, -0.25) is 0 Å². The molecule has 2 aromatic rings. The third-order valence-corrected chi connectivity index (χ3v) is 3.73. The van der Waals surface area contributed by atoms with Gasteiger partial charge in [-0.25, -0.2) is 0 Å². The molecule has 0 aromatic heterocycles. The summed E-state index contributed by atoms with van der Waals surface area (Å²) in [4.78, 5) is 0. The van der Waals surface area contributed by atoms with E-state index in [-0.39, 0.29) is 0 Å². The van der Waals surface area contributed by atoms with Crippen LogP contribution in [0, 0.1) is 11.3 Å². The van der Waals surface area contributed by atoms with Gasteiger partial charge < -0.3 is 5.32 Å². The lowest BCUT2D eigenvalue weighted by molar-refractivity contribution is 1.47. The summed E-state index contributed by atoms with van der Waals surface area (Å²) >= 11 is 23.8. The van der Waals surface area contributed by atoms with Crippen molar-refractivity contribution in [3.05, 3.63) is 56.0 Å². The fourth-order valence-electron chi connectivity index (χ4n) is 1.46. The highest BCUT2D eigenvalue weighted by Crippen LogP contribution is 2.34. The molecule has 6 heteroatoms. The average Bonchev–Trinajstić information content (AvgIpc) is 2.36. The molecule has 0 aliphatic carbocycles. The Morgan fingerprint density at radius 2 is 1.53 bits per heavy atom. The molecule has 0 unspecified atom stereocenters. The molecule has 1 N–H and O–H groups in total. The van der Waals surface area contributed by atoms with Crippen LogP contribution in [0.1, 0.15) is 5.56 Å². The Labute approximate surface area is 130 Å². The van der Waals surface area contributed by atoms with Crippen molar-refractivity contribution in [1.82, 2.24) is 0 Å². The second-order valence-corrected chi connectivity index (χ2v) is 5.31. The molecule has 0 saturated heterocycles. The van der Waals surface area contributed by atoms with Gasteiger partial charge in [-0.05, 0) is 30.3 Å². The van der Waals surface area contributed by atoms with Crippen LogP contribution in [-0.4, -0.2) is 0 Å². The van der Waals surface area contributed by atoms with Crippen molar-refractivity contribution in [2.75, 3.05) is 5.32 Å². The molecule has 0 heterocycles. The van der Waals surface area contributed by atoms with Gasteiger partial charge in [0.2, 0.25) is 0 Å². The Bertz CT molecular complexity index is 677. The molecule has 2 aromatic carbocycles. The van der Waals surface area contributed by atoms with Gasteiger partial charge in [0.25, 0.3) is 0 Å². The number of nitriles is 1. The molecule has 0 bridgehead atoms. The minimum Gasteiger partial charge on any atom is -0.354 e. The monoisotopic (exact) mass is 330 g/mol. The molecule has 2 nitrogen and oxygen atoms in total. The van der Waals surface area contributed by atoms with Gasteiger partial charge >= 0.3 is 0 Å². The van der Waals surface area contributed by atoms with Crippen LogP contribution in [-0.2, 0) is 0 Å². The van der Waals surface area contributed by atoms with E-state index in [1.165, 1.54) is 0 Å². The maximum Gasteiger partial charge on any atom is 0.101 e.